The Morgan fingerprint density at radius 2 is 1.91 bits per heavy atom. The van der Waals surface area contributed by atoms with Crippen molar-refractivity contribution in [1.82, 2.24) is 0 Å². The molecule has 0 saturated heterocycles. The summed E-state index contributed by atoms with van der Waals surface area (Å²) in [4.78, 5) is 28.8. The van der Waals surface area contributed by atoms with Crippen LogP contribution >= 0.6 is 0 Å². The van der Waals surface area contributed by atoms with Gasteiger partial charge < -0.3 is 16.2 Å². The highest BCUT2D eigenvalue weighted by Crippen LogP contribution is 2.22. The molecule has 122 valence electrons. The summed E-state index contributed by atoms with van der Waals surface area (Å²) < 4.78 is 40.5. The van der Waals surface area contributed by atoms with E-state index in [9.17, 15) is 22.8 Å². The Morgan fingerprint density at radius 3 is 2.41 bits per heavy atom. The van der Waals surface area contributed by atoms with Crippen LogP contribution < -0.4 is 16.2 Å². The molecule has 0 aliphatic carbocycles. The molecular weight excluding hydrogens is 309 g/mol. The maximum Gasteiger partial charge on any atom is 0.495 e. The van der Waals surface area contributed by atoms with Crippen LogP contribution in [-0.2, 0) is 25.8 Å². The molecule has 0 amide bonds. The Morgan fingerprint density at radius 1 is 1.27 bits per heavy atom. The predicted molar refractivity (Wildman–Crippen MR) is 67.3 cm³/mol. The Hall–Kier alpha value is -2.49. The molecule has 0 heterocycles. The molecule has 0 saturated carbocycles. The van der Waals surface area contributed by atoms with E-state index in [1.165, 1.54) is 19.2 Å². The van der Waals surface area contributed by atoms with Gasteiger partial charge in [-0.3, -0.25) is 0 Å². The second kappa shape index (κ2) is 6.98. The van der Waals surface area contributed by atoms with E-state index >= 15 is 0 Å². The monoisotopic (exact) mass is 322 g/mol. The zero-order chi connectivity index (χ0) is 16.9. The van der Waals surface area contributed by atoms with Crippen molar-refractivity contribution in [1.29, 1.82) is 0 Å². The van der Waals surface area contributed by atoms with Gasteiger partial charge in [0, 0.05) is 0 Å². The molecule has 0 aliphatic heterocycles. The highest BCUT2D eigenvalue weighted by atomic mass is 19.4. The summed E-state index contributed by atoms with van der Waals surface area (Å²) in [6.45, 7) is 0. The van der Waals surface area contributed by atoms with Gasteiger partial charge in [-0.05, 0) is 24.1 Å². The first kappa shape index (κ1) is 17.6. The van der Waals surface area contributed by atoms with Crippen LogP contribution in [-0.4, -0.2) is 31.3 Å². The van der Waals surface area contributed by atoms with Crippen LogP contribution in [0.4, 0.5) is 18.9 Å². The SMILES string of the molecule is COc1ccc(C[C@@H](N)C(=O)OOC(=O)C(F)(F)F)cc1N. The molecule has 0 aromatic heterocycles. The lowest BCUT2D eigenvalue weighted by Crippen LogP contribution is -2.36. The molecule has 4 N–H and O–H groups in total. The number of alkyl halides is 3. The molecule has 0 spiro atoms. The molecule has 0 unspecified atom stereocenters. The van der Waals surface area contributed by atoms with E-state index in [-0.39, 0.29) is 6.42 Å². The number of carbonyl (C=O) groups is 2. The van der Waals surface area contributed by atoms with Gasteiger partial charge in [0.1, 0.15) is 11.8 Å². The van der Waals surface area contributed by atoms with E-state index in [0.29, 0.717) is 17.0 Å². The van der Waals surface area contributed by atoms with Crippen LogP contribution in [0.15, 0.2) is 18.2 Å². The van der Waals surface area contributed by atoms with Crippen LogP contribution in [0.1, 0.15) is 5.56 Å². The van der Waals surface area contributed by atoms with Crippen molar-refractivity contribution in [3.63, 3.8) is 0 Å². The standard InChI is InChI=1S/C12H13F3N2O5/c1-20-9-3-2-6(4-7(9)16)5-8(17)10(18)21-22-11(19)12(13,14)15/h2-4,8H,5,16-17H2,1H3/t8-/m1/s1. The number of benzene rings is 1. The summed E-state index contributed by atoms with van der Waals surface area (Å²) in [5.74, 6) is -3.56. The van der Waals surface area contributed by atoms with Crippen molar-refractivity contribution in [3.05, 3.63) is 23.8 Å². The molecule has 0 aliphatic rings. The largest absolute Gasteiger partial charge is 0.495 e. The third kappa shape index (κ3) is 4.81. The minimum atomic E-state index is -5.27. The molecule has 22 heavy (non-hydrogen) atoms. The van der Waals surface area contributed by atoms with E-state index in [0.717, 1.165) is 0 Å². The zero-order valence-electron chi connectivity index (χ0n) is 11.3. The Balaban J connectivity index is 2.57. The van der Waals surface area contributed by atoms with Gasteiger partial charge in [-0.25, -0.2) is 19.4 Å². The second-order valence-corrected chi connectivity index (χ2v) is 4.16. The summed E-state index contributed by atoms with van der Waals surface area (Å²) in [5, 5.41) is 0. The zero-order valence-corrected chi connectivity index (χ0v) is 11.3. The molecule has 0 bridgehead atoms. The maximum absolute atomic E-state index is 11.8. The molecular formula is C12H13F3N2O5. The Bertz CT molecular complexity index is 562. The van der Waals surface area contributed by atoms with Crippen LogP contribution in [0.5, 0.6) is 5.75 Å². The smallest absolute Gasteiger partial charge is 0.495 e. The van der Waals surface area contributed by atoms with Crippen molar-refractivity contribution < 1.29 is 37.3 Å². The summed E-state index contributed by atoms with van der Waals surface area (Å²) in [6.07, 6.45) is -5.36. The topological polar surface area (TPSA) is 114 Å². The molecule has 0 fully saturated rings. The lowest BCUT2D eigenvalue weighted by molar-refractivity contribution is -0.286. The molecule has 7 nitrogen and oxygen atoms in total. The number of halogens is 3. The van der Waals surface area contributed by atoms with Crippen LogP contribution in [0.2, 0.25) is 0 Å². The number of rotatable bonds is 4. The van der Waals surface area contributed by atoms with Gasteiger partial charge in [-0.2, -0.15) is 13.2 Å². The second-order valence-electron chi connectivity index (χ2n) is 4.16. The van der Waals surface area contributed by atoms with Gasteiger partial charge >= 0.3 is 18.1 Å². The highest BCUT2D eigenvalue weighted by Gasteiger charge is 2.43. The minimum absolute atomic E-state index is 0.0867. The van der Waals surface area contributed by atoms with E-state index < -0.39 is 24.2 Å². The number of carbonyl (C=O) groups excluding carboxylic acids is 2. The fraction of sp³-hybridized carbons (Fsp3) is 0.333. The average Bonchev–Trinajstić information content (AvgIpc) is 2.43. The van der Waals surface area contributed by atoms with E-state index in [1.54, 1.807) is 6.07 Å². The number of ether oxygens (including phenoxy) is 1. The van der Waals surface area contributed by atoms with Crippen molar-refractivity contribution in [2.45, 2.75) is 18.6 Å². The average molecular weight is 322 g/mol. The number of nitrogens with two attached hydrogens (primary N) is 2. The van der Waals surface area contributed by atoms with Crippen LogP contribution in [0.25, 0.3) is 0 Å². The first-order chi connectivity index (χ1) is 10.1. The lowest BCUT2D eigenvalue weighted by Gasteiger charge is -2.12. The van der Waals surface area contributed by atoms with E-state index in [1.807, 2.05) is 0 Å². The van der Waals surface area contributed by atoms with E-state index in [2.05, 4.69) is 9.78 Å². The fourth-order valence-corrected chi connectivity index (χ4v) is 1.44. The predicted octanol–water partition coefficient (Wildman–Crippen LogP) is 0.711. The molecule has 1 rings (SSSR count). The van der Waals surface area contributed by atoms with Gasteiger partial charge in [-0.15, -0.1) is 0 Å². The first-order valence-corrected chi connectivity index (χ1v) is 5.82. The Labute approximate surface area is 122 Å². The number of nitrogen functional groups attached to an aromatic ring is 1. The normalized spacial score (nSPS) is 12.4. The lowest BCUT2D eigenvalue weighted by atomic mass is 10.1. The number of methoxy groups -OCH3 is 1. The molecule has 1 atom stereocenters. The van der Waals surface area contributed by atoms with Crippen LogP contribution in [0, 0.1) is 0 Å². The van der Waals surface area contributed by atoms with Crippen molar-refractivity contribution >= 4 is 17.6 Å². The summed E-state index contributed by atoms with van der Waals surface area (Å²) >= 11 is 0. The molecule has 1 aromatic carbocycles. The van der Waals surface area contributed by atoms with Gasteiger partial charge in [0.05, 0.1) is 12.8 Å². The summed E-state index contributed by atoms with van der Waals surface area (Å²) in [6, 6.07) is 3.23. The summed E-state index contributed by atoms with van der Waals surface area (Å²) in [5.41, 5.74) is 11.9. The number of hydrogen-bond donors (Lipinski definition) is 2. The number of anilines is 1. The number of hydrogen-bond acceptors (Lipinski definition) is 7. The van der Waals surface area contributed by atoms with Gasteiger partial charge in [0.2, 0.25) is 0 Å². The summed E-state index contributed by atoms with van der Waals surface area (Å²) in [7, 11) is 1.42. The van der Waals surface area contributed by atoms with Crippen molar-refractivity contribution in [2.75, 3.05) is 12.8 Å². The first-order valence-electron chi connectivity index (χ1n) is 5.82. The van der Waals surface area contributed by atoms with Gasteiger partial charge in [-0.1, -0.05) is 6.07 Å². The fourth-order valence-electron chi connectivity index (χ4n) is 1.44. The van der Waals surface area contributed by atoms with Crippen molar-refractivity contribution in [3.8, 4) is 5.75 Å². The van der Waals surface area contributed by atoms with E-state index in [4.69, 9.17) is 16.2 Å². The Kier molecular flexibility index (Phi) is 5.57. The molecule has 0 radical (unpaired) electrons. The van der Waals surface area contributed by atoms with Crippen LogP contribution in [0.3, 0.4) is 0 Å². The third-order valence-corrected chi connectivity index (χ3v) is 2.48. The molecule has 1 aromatic rings. The van der Waals surface area contributed by atoms with Gasteiger partial charge in [0.15, 0.2) is 0 Å². The quantitative estimate of drug-likeness (QED) is 0.477. The molecule has 10 heteroatoms. The minimum Gasteiger partial charge on any atom is -0.495 e. The maximum atomic E-state index is 11.8. The van der Waals surface area contributed by atoms with Gasteiger partial charge in [0.25, 0.3) is 0 Å². The third-order valence-electron chi connectivity index (χ3n) is 2.48. The van der Waals surface area contributed by atoms with Crippen molar-refractivity contribution in [2.24, 2.45) is 5.73 Å². The highest BCUT2D eigenvalue weighted by molar-refractivity contribution is 5.79.